The molecule has 0 atom stereocenters. The summed E-state index contributed by atoms with van der Waals surface area (Å²) in [5.74, 6) is 0.746. The average Bonchev–Trinajstić information content (AvgIpc) is 2.31. The maximum atomic E-state index is 6.28. The van der Waals surface area contributed by atoms with Crippen molar-refractivity contribution in [1.82, 2.24) is 9.80 Å². The van der Waals surface area contributed by atoms with Gasteiger partial charge >= 0.3 is 0 Å². The molecule has 4 heteroatoms. The predicted octanol–water partition coefficient (Wildman–Crippen LogP) is 2.73. The Morgan fingerprint density at radius 2 is 1.89 bits per heavy atom. The second-order valence-electron chi connectivity index (χ2n) is 4.83. The summed E-state index contributed by atoms with van der Waals surface area (Å²) in [5.41, 5.74) is 1.11. The quantitative estimate of drug-likeness (QED) is 0.758. The molecular weight excluding hydrogens is 248 g/mol. The fraction of sp³-hybridized carbons (Fsp3) is 0.571. The Kier molecular flexibility index (Phi) is 6.47. The molecule has 0 radical (unpaired) electrons. The number of rotatable bonds is 7. The third-order valence-corrected chi connectivity index (χ3v) is 3.28. The monoisotopic (exact) mass is 270 g/mol. The Morgan fingerprint density at radius 3 is 2.50 bits per heavy atom. The highest BCUT2D eigenvalue weighted by Crippen LogP contribution is 2.28. The first-order valence-corrected chi connectivity index (χ1v) is 6.57. The molecule has 0 aromatic heterocycles. The van der Waals surface area contributed by atoms with E-state index in [1.807, 2.05) is 18.2 Å². The number of hydrogen-bond donors (Lipinski definition) is 0. The van der Waals surface area contributed by atoms with E-state index in [1.165, 1.54) is 0 Å². The standard InChI is InChI=1S/C14H23ClN2O/c1-16(2)9-6-10-17(3)11-12-7-5-8-13(18-4)14(12)15/h5,7-8H,6,9-11H2,1-4H3. The van der Waals surface area contributed by atoms with Crippen LogP contribution in [0.1, 0.15) is 12.0 Å². The van der Waals surface area contributed by atoms with Gasteiger partial charge in [-0.3, -0.25) is 0 Å². The minimum atomic E-state index is 0.722. The van der Waals surface area contributed by atoms with Crippen molar-refractivity contribution in [3.05, 3.63) is 28.8 Å². The Balaban J connectivity index is 2.51. The van der Waals surface area contributed by atoms with E-state index in [1.54, 1.807) is 7.11 Å². The van der Waals surface area contributed by atoms with Crippen molar-refractivity contribution in [2.75, 3.05) is 41.3 Å². The molecule has 0 unspecified atom stereocenters. The average molecular weight is 271 g/mol. The van der Waals surface area contributed by atoms with Gasteiger partial charge in [0.1, 0.15) is 5.75 Å². The zero-order valence-corrected chi connectivity index (χ0v) is 12.5. The highest BCUT2D eigenvalue weighted by atomic mass is 35.5. The van der Waals surface area contributed by atoms with E-state index in [4.69, 9.17) is 16.3 Å². The highest BCUT2D eigenvalue weighted by Gasteiger charge is 2.08. The zero-order valence-electron chi connectivity index (χ0n) is 11.7. The molecule has 18 heavy (non-hydrogen) atoms. The van der Waals surface area contributed by atoms with Crippen LogP contribution in [-0.4, -0.2) is 51.1 Å². The second kappa shape index (κ2) is 7.62. The molecule has 0 aliphatic heterocycles. The molecule has 0 saturated carbocycles. The van der Waals surface area contributed by atoms with Gasteiger partial charge in [0.15, 0.2) is 0 Å². The van der Waals surface area contributed by atoms with Crippen LogP contribution in [0.15, 0.2) is 18.2 Å². The highest BCUT2D eigenvalue weighted by molar-refractivity contribution is 6.32. The summed E-state index contributed by atoms with van der Waals surface area (Å²) in [4.78, 5) is 4.48. The summed E-state index contributed by atoms with van der Waals surface area (Å²) in [6, 6.07) is 5.92. The molecular formula is C14H23ClN2O. The van der Waals surface area contributed by atoms with Crippen LogP contribution < -0.4 is 4.74 Å². The van der Waals surface area contributed by atoms with E-state index in [9.17, 15) is 0 Å². The minimum Gasteiger partial charge on any atom is -0.495 e. The normalized spacial score (nSPS) is 11.3. The third-order valence-electron chi connectivity index (χ3n) is 2.85. The molecule has 102 valence electrons. The Morgan fingerprint density at radius 1 is 1.17 bits per heavy atom. The maximum absolute atomic E-state index is 6.28. The van der Waals surface area contributed by atoms with Crippen LogP contribution in [0.2, 0.25) is 5.02 Å². The lowest BCUT2D eigenvalue weighted by molar-refractivity contribution is 0.294. The Bertz CT molecular complexity index is 369. The van der Waals surface area contributed by atoms with Crippen molar-refractivity contribution >= 4 is 11.6 Å². The fourth-order valence-corrected chi connectivity index (χ4v) is 2.13. The van der Waals surface area contributed by atoms with Crippen LogP contribution in [0.3, 0.4) is 0 Å². The van der Waals surface area contributed by atoms with E-state index in [0.29, 0.717) is 0 Å². The zero-order chi connectivity index (χ0) is 13.5. The summed E-state index contributed by atoms with van der Waals surface area (Å²) >= 11 is 6.28. The van der Waals surface area contributed by atoms with Crippen LogP contribution >= 0.6 is 11.6 Å². The first-order valence-electron chi connectivity index (χ1n) is 6.19. The summed E-state index contributed by atoms with van der Waals surface area (Å²) < 4.78 is 5.22. The van der Waals surface area contributed by atoms with Gasteiger partial charge in [0.2, 0.25) is 0 Å². The number of benzene rings is 1. The van der Waals surface area contributed by atoms with Crippen molar-refractivity contribution in [2.24, 2.45) is 0 Å². The topological polar surface area (TPSA) is 15.7 Å². The largest absolute Gasteiger partial charge is 0.495 e. The first kappa shape index (κ1) is 15.3. The van der Waals surface area contributed by atoms with Gasteiger partial charge in [-0.25, -0.2) is 0 Å². The van der Waals surface area contributed by atoms with Gasteiger partial charge in [-0.05, 0) is 52.3 Å². The summed E-state index contributed by atoms with van der Waals surface area (Å²) in [5, 5.41) is 0.722. The molecule has 0 spiro atoms. The molecule has 0 heterocycles. The molecule has 1 rings (SSSR count). The van der Waals surface area contributed by atoms with E-state index in [-0.39, 0.29) is 0 Å². The van der Waals surface area contributed by atoms with Crippen LogP contribution in [0, 0.1) is 0 Å². The molecule has 1 aromatic carbocycles. The van der Waals surface area contributed by atoms with Gasteiger partial charge < -0.3 is 14.5 Å². The third kappa shape index (κ3) is 4.84. The lowest BCUT2D eigenvalue weighted by Gasteiger charge is -2.19. The van der Waals surface area contributed by atoms with Crippen molar-refractivity contribution in [1.29, 1.82) is 0 Å². The van der Waals surface area contributed by atoms with Crippen molar-refractivity contribution in [3.8, 4) is 5.75 Å². The fourth-order valence-electron chi connectivity index (χ4n) is 1.86. The summed E-state index contributed by atoms with van der Waals surface area (Å²) in [6.07, 6.45) is 1.16. The van der Waals surface area contributed by atoms with Crippen LogP contribution in [0.25, 0.3) is 0 Å². The lowest BCUT2D eigenvalue weighted by Crippen LogP contribution is -2.23. The summed E-state index contributed by atoms with van der Waals surface area (Å²) in [7, 11) is 7.95. The SMILES string of the molecule is COc1cccc(CN(C)CCCN(C)C)c1Cl. The number of hydrogen-bond acceptors (Lipinski definition) is 3. The molecule has 3 nitrogen and oxygen atoms in total. The lowest BCUT2D eigenvalue weighted by atomic mass is 10.2. The van der Waals surface area contributed by atoms with Gasteiger partial charge in [0.05, 0.1) is 12.1 Å². The molecule has 0 aliphatic carbocycles. The van der Waals surface area contributed by atoms with Gasteiger partial charge in [-0.2, -0.15) is 0 Å². The Hall–Kier alpha value is -0.770. The van der Waals surface area contributed by atoms with Crippen molar-refractivity contribution in [2.45, 2.75) is 13.0 Å². The number of ether oxygens (including phenoxy) is 1. The number of halogens is 1. The van der Waals surface area contributed by atoms with Gasteiger partial charge in [-0.1, -0.05) is 23.7 Å². The maximum Gasteiger partial charge on any atom is 0.137 e. The van der Waals surface area contributed by atoms with Gasteiger partial charge in [0, 0.05) is 6.54 Å². The molecule has 0 bridgehead atoms. The molecule has 0 aliphatic rings. The molecule has 1 aromatic rings. The number of methoxy groups -OCH3 is 1. The van der Waals surface area contributed by atoms with Crippen molar-refractivity contribution in [3.63, 3.8) is 0 Å². The van der Waals surface area contributed by atoms with Crippen LogP contribution in [0.5, 0.6) is 5.75 Å². The molecule has 0 fully saturated rings. The van der Waals surface area contributed by atoms with Gasteiger partial charge in [0.25, 0.3) is 0 Å². The first-order chi connectivity index (χ1) is 8.54. The minimum absolute atomic E-state index is 0.722. The van der Waals surface area contributed by atoms with Crippen molar-refractivity contribution < 1.29 is 4.74 Å². The predicted molar refractivity (Wildman–Crippen MR) is 77.5 cm³/mol. The van der Waals surface area contributed by atoms with E-state index >= 15 is 0 Å². The molecule has 0 amide bonds. The molecule has 0 saturated heterocycles. The molecule has 0 N–H and O–H groups in total. The van der Waals surface area contributed by atoms with E-state index < -0.39 is 0 Å². The smallest absolute Gasteiger partial charge is 0.137 e. The van der Waals surface area contributed by atoms with E-state index in [2.05, 4.69) is 30.9 Å². The number of nitrogens with zero attached hydrogens (tertiary/aromatic N) is 2. The van der Waals surface area contributed by atoms with Gasteiger partial charge in [-0.15, -0.1) is 0 Å². The second-order valence-corrected chi connectivity index (χ2v) is 5.21. The van der Waals surface area contributed by atoms with Crippen LogP contribution in [0.4, 0.5) is 0 Å². The summed E-state index contributed by atoms with van der Waals surface area (Å²) in [6.45, 7) is 3.02. The van der Waals surface area contributed by atoms with Crippen LogP contribution in [-0.2, 0) is 6.54 Å². The Labute approximate surface area is 115 Å². The van der Waals surface area contributed by atoms with E-state index in [0.717, 1.165) is 42.4 Å².